The Balaban J connectivity index is 5.24. The van der Waals surface area contributed by atoms with E-state index in [4.69, 9.17) is 37.0 Å². The van der Waals surface area contributed by atoms with Crippen molar-refractivity contribution in [2.45, 2.75) is 380 Å². The molecule has 0 aromatic carbocycles. The minimum atomic E-state index is -4.95. The highest BCUT2D eigenvalue weighted by Crippen LogP contribution is 2.45. The number of hydrogen-bond donors (Lipinski definition) is 3. The van der Waals surface area contributed by atoms with E-state index >= 15 is 0 Å². The van der Waals surface area contributed by atoms with E-state index in [0.717, 1.165) is 95.8 Å². The zero-order chi connectivity index (χ0) is 65.6. The maximum absolute atomic E-state index is 13.0. The fourth-order valence-electron chi connectivity index (χ4n) is 10.6. The number of rotatable bonds is 70. The molecule has 0 saturated heterocycles. The van der Waals surface area contributed by atoms with Gasteiger partial charge in [-0.2, -0.15) is 0 Å². The first kappa shape index (κ1) is 87.1. The number of carbonyl (C=O) groups excluding carboxylic acids is 4. The van der Waals surface area contributed by atoms with E-state index in [1.807, 2.05) is 0 Å². The van der Waals surface area contributed by atoms with Crippen molar-refractivity contribution in [3.05, 3.63) is 0 Å². The van der Waals surface area contributed by atoms with Crippen molar-refractivity contribution in [2.75, 3.05) is 39.6 Å². The van der Waals surface area contributed by atoms with Crippen molar-refractivity contribution >= 4 is 39.5 Å². The van der Waals surface area contributed by atoms with Crippen LogP contribution in [0.25, 0.3) is 0 Å². The van der Waals surface area contributed by atoms with Gasteiger partial charge in [0.05, 0.1) is 26.4 Å². The molecule has 0 heterocycles. The molecule has 3 N–H and O–H groups in total. The maximum atomic E-state index is 13.0. The van der Waals surface area contributed by atoms with Crippen LogP contribution in [0, 0.1) is 5.92 Å². The summed E-state index contributed by atoms with van der Waals surface area (Å²) >= 11 is 0. The number of hydrogen-bond acceptors (Lipinski definition) is 15. The van der Waals surface area contributed by atoms with Crippen LogP contribution in [-0.2, 0) is 65.4 Å². The van der Waals surface area contributed by atoms with E-state index in [1.54, 1.807) is 0 Å². The molecule has 0 spiro atoms. The number of unbranched alkanes of at least 4 members (excludes halogenated alkanes) is 42. The van der Waals surface area contributed by atoms with Gasteiger partial charge in [0.2, 0.25) is 0 Å². The molecule has 0 aliphatic carbocycles. The van der Waals surface area contributed by atoms with Crippen LogP contribution >= 0.6 is 15.6 Å². The summed E-state index contributed by atoms with van der Waals surface area (Å²) in [4.78, 5) is 72.5. The normalized spacial score (nSPS) is 14.1. The Kier molecular flexibility index (Phi) is 62.1. The first-order valence-corrected chi connectivity index (χ1v) is 39.6. The van der Waals surface area contributed by atoms with Gasteiger partial charge >= 0.3 is 39.5 Å². The van der Waals surface area contributed by atoms with Gasteiger partial charge in [-0.25, -0.2) is 9.13 Å². The van der Waals surface area contributed by atoms with Gasteiger partial charge in [-0.15, -0.1) is 0 Å². The summed E-state index contributed by atoms with van der Waals surface area (Å²) in [5, 5.41) is 10.6. The average molecular weight is 1310 g/mol. The highest BCUT2D eigenvalue weighted by Gasteiger charge is 2.30. The molecule has 0 rings (SSSR count). The number of ether oxygens (including phenoxy) is 4. The highest BCUT2D eigenvalue weighted by atomic mass is 31.2. The summed E-state index contributed by atoms with van der Waals surface area (Å²) in [7, 11) is -9.90. The van der Waals surface area contributed by atoms with Crippen molar-refractivity contribution in [2.24, 2.45) is 5.92 Å². The van der Waals surface area contributed by atoms with Crippen molar-refractivity contribution in [3.63, 3.8) is 0 Å². The number of aliphatic hydroxyl groups excluding tert-OH is 1. The van der Waals surface area contributed by atoms with Gasteiger partial charge in [0.15, 0.2) is 12.2 Å². The first-order valence-electron chi connectivity index (χ1n) is 36.6. The summed E-state index contributed by atoms with van der Waals surface area (Å²) in [6, 6.07) is 0. The number of phosphoric ester groups is 2. The summed E-state index contributed by atoms with van der Waals surface area (Å²) < 4.78 is 68.3. The van der Waals surface area contributed by atoms with Crippen LogP contribution in [0.5, 0.6) is 0 Å². The zero-order valence-corrected chi connectivity index (χ0v) is 59.4. The molecule has 19 heteroatoms. The Morgan fingerprint density at radius 1 is 0.303 bits per heavy atom. The van der Waals surface area contributed by atoms with Crippen molar-refractivity contribution in [3.8, 4) is 0 Å². The fraction of sp³-hybridized carbons (Fsp3) is 0.943. The minimum Gasteiger partial charge on any atom is -0.462 e. The topological polar surface area (TPSA) is 237 Å². The maximum Gasteiger partial charge on any atom is 0.472 e. The van der Waals surface area contributed by atoms with Gasteiger partial charge in [0.25, 0.3) is 0 Å². The van der Waals surface area contributed by atoms with E-state index in [9.17, 15) is 43.2 Å². The van der Waals surface area contributed by atoms with Crippen molar-refractivity contribution in [1.82, 2.24) is 0 Å². The molecule has 0 saturated carbocycles. The molecule has 0 aromatic rings. The van der Waals surface area contributed by atoms with Crippen LogP contribution in [0.4, 0.5) is 0 Å². The van der Waals surface area contributed by atoms with Crippen molar-refractivity contribution in [1.29, 1.82) is 0 Å². The second-order valence-electron chi connectivity index (χ2n) is 25.7. The van der Waals surface area contributed by atoms with Crippen LogP contribution in [-0.4, -0.2) is 96.7 Å². The quantitative estimate of drug-likeness (QED) is 0.0222. The Morgan fingerprint density at radius 2 is 0.517 bits per heavy atom. The number of aliphatic hydroxyl groups is 1. The van der Waals surface area contributed by atoms with E-state index < -0.39 is 97.5 Å². The predicted octanol–water partition coefficient (Wildman–Crippen LogP) is 20.1. The lowest BCUT2D eigenvalue weighted by molar-refractivity contribution is -0.161. The molecule has 0 radical (unpaired) electrons. The molecule has 89 heavy (non-hydrogen) atoms. The van der Waals surface area contributed by atoms with Crippen LogP contribution in [0.3, 0.4) is 0 Å². The van der Waals surface area contributed by atoms with Gasteiger partial charge in [0, 0.05) is 25.7 Å². The Bertz CT molecular complexity index is 1720. The minimum absolute atomic E-state index is 0.105. The Hall–Kier alpha value is -1.94. The number of carbonyl (C=O) groups is 4. The summed E-state index contributed by atoms with van der Waals surface area (Å²) in [5.41, 5.74) is 0. The molecule has 0 aliphatic rings. The third kappa shape index (κ3) is 64.6. The van der Waals surface area contributed by atoms with Crippen LogP contribution in [0.2, 0.25) is 0 Å². The monoisotopic (exact) mass is 1310 g/mol. The molecule has 528 valence electrons. The number of phosphoric acid groups is 2. The van der Waals surface area contributed by atoms with Crippen LogP contribution in [0.15, 0.2) is 0 Å². The van der Waals surface area contributed by atoms with Gasteiger partial charge in [-0.05, 0) is 31.6 Å². The van der Waals surface area contributed by atoms with E-state index in [1.165, 1.54) is 186 Å². The molecule has 0 aromatic heterocycles. The molecular formula is C70H136O17P2. The second kappa shape index (κ2) is 63.5. The second-order valence-corrected chi connectivity index (χ2v) is 28.7. The third-order valence-electron chi connectivity index (χ3n) is 16.3. The highest BCUT2D eigenvalue weighted by molar-refractivity contribution is 7.47. The third-order valence-corrected chi connectivity index (χ3v) is 18.2. The molecule has 0 fully saturated rings. The van der Waals surface area contributed by atoms with E-state index in [-0.39, 0.29) is 25.7 Å². The van der Waals surface area contributed by atoms with Gasteiger partial charge in [-0.3, -0.25) is 37.3 Å². The summed E-state index contributed by atoms with van der Waals surface area (Å²) in [6.45, 7) is 7.21. The summed E-state index contributed by atoms with van der Waals surface area (Å²) in [6.07, 6.45) is 49.8. The van der Waals surface area contributed by atoms with Gasteiger partial charge in [-0.1, -0.05) is 311 Å². The molecular weight excluding hydrogens is 1170 g/mol. The smallest absolute Gasteiger partial charge is 0.462 e. The van der Waals surface area contributed by atoms with Crippen LogP contribution < -0.4 is 0 Å². The SMILES string of the molecule is CCCCCCCCCCCCCCCCCC(=O)O[C@H](COC(=O)CCCCCCCCCCCCCC)COP(=O)(O)OC[C@@H](O)COP(=O)(O)OC[C@@H](COC(=O)CCCCCCCCCCCCC)OC(=O)CCCCCCCCCCC(C)C. The Labute approximate surface area is 543 Å². The van der Waals surface area contributed by atoms with Crippen LogP contribution in [0.1, 0.15) is 362 Å². The molecule has 0 bridgehead atoms. The number of esters is 4. The van der Waals surface area contributed by atoms with E-state index in [0.29, 0.717) is 25.7 Å². The molecule has 5 atom stereocenters. The lowest BCUT2D eigenvalue weighted by Gasteiger charge is -2.21. The predicted molar refractivity (Wildman–Crippen MR) is 358 cm³/mol. The standard InChI is InChI=1S/C70H136O17P2/c1-6-9-12-15-18-21-24-26-27-28-31-34-40-45-50-55-69(74)86-65(59-81-68(73)54-49-44-39-33-30-25-22-19-16-13-10-7-2)61-84-88(76,77)82-57-64(71)58-83-89(78,79)85-62-66(87-70(75)56-51-46-41-36-35-37-42-47-52-63(4)5)60-80-67(72)53-48-43-38-32-29-23-20-17-14-11-8-3/h63-66,71H,6-62H2,1-5H3,(H,76,77)(H,78,79)/t64-,65-,66-/m1/s1. The van der Waals surface area contributed by atoms with Gasteiger partial charge in [0.1, 0.15) is 19.3 Å². The van der Waals surface area contributed by atoms with Gasteiger partial charge < -0.3 is 33.8 Å². The first-order chi connectivity index (χ1) is 43.0. The van der Waals surface area contributed by atoms with Crippen molar-refractivity contribution < 1.29 is 80.2 Å². The average Bonchev–Trinajstić information content (AvgIpc) is 3.57. The molecule has 0 amide bonds. The molecule has 2 unspecified atom stereocenters. The lowest BCUT2D eigenvalue weighted by Crippen LogP contribution is -2.30. The molecule has 17 nitrogen and oxygen atoms in total. The van der Waals surface area contributed by atoms with E-state index in [2.05, 4.69) is 34.6 Å². The lowest BCUT2D eigenvalue weighted by atomic mass is 10.0. The molecule has 0 aliphatic heterocycles. The Morgan fingerprint density at radius 3 is 0.764 bits per heavy atom. The fourth-order valence-corrected chi connectivity index (χ4v) is 12.2. The summed E-state index contributed by atoms with van der Waals surface area (Å²) in [5.74, 6) is -1.40. The largest absolute Gasteiger partial charge is 0.472 e. The zero-order valence-electron chi connectivity index (χ0n) is 57.6.